The summed E-state index contributed by atoms with van der Waals surface area (Å²) in [7, 11) is 0. The van der Waals surface area contributed by atoms with Gasteiger partial charge in [0.25, 0.3) is 5.91 Å². The van der Waals surface area contributed by atoms with Crippen molar-refractivity contribution in [3.8, 4) is 5.75 Å². The van der Waals surface area contributed by atoms with Crippen molar-refractivity contribution < 1.29 is 28.0 Å². The van der Waals surface area contributed by atoms with E-state index >= 15 is 0 Å². The number of ether oxygens (including phenoxy) is 2. The Labute approximate surface area is 167 Å². The van der Waals surface area contributed by atoms with Crippen LogP contribution in [0.15, 0.2) is 51.6 Å². The quantitative estimate of drug-likeness (QED) is 0.553. The number of esters is 1. The second kappa shape index (κ2) is 9.59. The van der Waals surface area contributed by atoms with Gasteiger partial charge in [0.1, 0.15) is 23.9 Å². The number of hydrogen-bond acceptors (Lipinski definition) is 7. The number of amides is 1. The average Bonchev–Trinajstić information content (AvgIpc) is 3.34. The van der Waals surface area contributed by atoms with Crippen molar-refractivity contribution >= 4 is 11.9 Å². The number of furan rings is 1. The van der Waals surface area contributed by atoms with Crippen molar-refractivity contribution in [2.75, 3.05) is 6.61 Å². The lowest BCUT2D eigenvalue weighted by Gasteiger charge is -2.08. The number of benzene rings is 1. The number of aryl methyl sites for hydroxylation is 2. The van der Waals surface area contributed by atoms with Gasteiger partial charge in [0, 0.05) is 0 Å². The molecule has 0 saturated heterocycles. The molecule has 152 valence electrons. The van der Waals surface area contributed by atoms with Gasteiger partial charge in [0.2, 0.25) is 0 Å². The molecule has 3 rings (SSSR count). The van der Waals surface area contributed by atoms with Crippen LogP contribution in [0, 0.1) is 13.8 Å². The van der Waals surface area contributed by atoms with Gasteiger partial charge in [-0.15, -0.1) is 0 Å². The molecule has 8 heteroatoms. The highest BCUT2D eigenvalue weighted by molar-refractivity contribution is 5.81. The van der Waals surface area contributed by atoms with E-state index in [0.29, 0.717) is 18.1 Å². The van der Waals surface area contributed by atoms with Gasteiger partial charge in [0.15, 0.2) is 6.61 Å². The molecule has 1 aromatic carbocycles. The first-order valence-corrected chi connectivity index (χ1v) is 9.09. The predicted octanol–water partition coefficient (Wildman–Crippen LogP) is 2.87. The molecule has 0 radical (unpaired) electrons. The summed E-state index contributed by atoms with van der Waals surface area (Å²) < 4.78 is 20.9. The minimum absolute atomic E-state index is 0.0651. The smallest absolute Gasteiger partial charge is 0.310 e. The fourth-order valence-electron chi connectivity index (χ4n) is 2.58. The van der Waals surface area contributed by atoms with Gasteiger partial charge in [-0.1, -0.05) is 17.3 Å². The second-order valence-corrected chi connectivity index (χ2v) is 6.43. The van der Waals surface area contributed by atoms with E-state index in [-0.39, 0.29) is 19.6 Å². The van der Waals surface area contributed by atoms with E-state index in [2.05, 4.69) is 10.5 Å². The molecule has 1 amide bonds. The zero-order valence-electron chi connectivity index (χ0n) is 16.3. The standard InChI is InChI=1S/C21H22N2O6/c1-14-19(15(2)29-23-14)12-27-17-7-5-16(6-8-17)10-21(25)28-13-20(24)22-11-18-4-3-9-26-18/h3-9H,10-13H2,1-2H3,(H,22,24). The van der Waals surface area contributed by atoms with E-state index in [4.69, 9.17) is 18.4 Å². The van der Waals surface area contributed by atoms with Crippen LogP contribution < -0.4 is 10.1 Å². The maximum atomic E-state index is 11.9. The lowest BCUT2D eigenvalue weighted by molar-refractivity contribution is -0.147. The number of aromatic nitrogens is 1. The molecule has 0 aliphatic heterocycles. The molecule has 3 aromatic rings. The highest BCUT2D eigenvalue weighted by Crippen LogP contribution is 2.18. The molecule has 0 saturated carbocycles. The lowest BCUT2D eigenvalue weighted by atomic mass is 10.1. The molecule has 0 spiro atoms. The monoisotopic (exact) mass is 398 g/mol. The fourth-order valence-corrected chi connectivity index (χ4v) is 2.58. The van der Waals surface area contributed by atoms with Crippen LogP contribution in [-0.2, 0) is 33.9 Å². The van der Waals surface area contributed by atoms with Crippen LogP contribution in [0.4, 0.5) is 0 Å². The molecule has 8 nitrogen and oxygen atoms in total. The van der Waals surface area contributed by atoms with Crippen LogP contribution in [0.1, 0.15) is 28.3 Å². The Bertz CT molecular complexity index is 925. The van der Waals surface area contributed by atoms with Gasteiger partial charge >= 0.3 is 5.97 Å². The molecule has 2 heterocycles. The summed E-state index contributed by atoms with van der Waals surface area (Å²) in [5.41, 5.74) is 2.48. The molecule has 0 aliphatic rings. The Morgan fingerprint density at radius 3 is 2.59 bits per heavy atom. The van der Waals surface area contributed by atoms with Gasteiger partial charge in [-0.05, 0) is 43.7 Å². The predicted molar refractivity (Wildman–Crippen MR) is 102 cm³/mol. The number of nitrogens with zero attached hydrogens (tertiary/aromatic N) is 1. The zero-order chi connectivity index (χ0) is 20.6. The van der Waals surface area contributed by atoms with Gasteiger partial charge in [-0.3, -0.25) is 9.59 Å². The van der Waals surface area contributed by atoms with E-state index in [0.717, 1.165) is 22.6 Å². The van der Waals surface area contributed by atoms with Crippen LogP contribution in [-0.4, -0.2) is 23.6 Å². The van der Waals surface area contributed by atoms with Crippen molar-refractivity contribution in [2.45, 2.75) is 33.4 Å². The van der Waals surface area contributed by atoms with Crippen molar-refractivity contribution in [3.05, 3.63) is 71.0 Å². The Morgan fingerprint density at radius 2 is 1.93 bits per heavy atom. The Hall–Kier alpha value is -3.55. The van der Waals surface area contributed by atoms with E-state index < -0.39 is 11.9 Å². The summed E-state index contributed by atoms with van der Waals surface area (Å²) in [6, 6.07) is 10.6. The molecular weight excluding hydrogens is 376 g/mol. The Kier molecular flexibility index (Phi) is 6.67. The number of carbonyl (C=O) groups is 2. The SMILES string of the molecule is Cc1noc(C)c1COc1ccc(CC(=O)OCC(=O)NCc2ccco2)cc1. The van der Waals surface area contributed by atoms with E-state index in [1.165, 1.54) is 6.26 Å². The van der Waals surface area contributed by atoms with Crippen molar-refractivity contribution in [3.63, 3.8) is 0 Å². The topological polar surface area (TPSA) is 104 Å². The highest BCUT2D eigenvalue weighted by atomic mass is 16.5. The van der Waals surface area contributed by atoms with E-state index in [1.54, 1.807) is 36.4 Å². The molecule has 0 aliphatic carbocycles. The van der Waals surface area contributed by atoms with Gasteiger partial charge in [-0.2, -0.15) is 0 Å². The molecule has 0 fully saturated rings. The summed E-state index contributed by atoms with van der Waals surface area (Å²) in [6.07, 6.45) is 1.59. The summed E-state index contributed by atoms with van der Waals surface area (Å²) in [4.78, 5) is 23.6. The Morgan fingerprint density at radius 1 is 1.14 bits per heavy atom. The van der Waals surface area contributed by atoms with Crippen LogP contribution in [0.25, 0.3) is 0 Å². The second-order valence-electron chi connectivity index (χ2n) is 6.43. The summed E-state index contributed by atoms with van der Waals surface area (Å²) in [6.45, 7) is 3.97. The first-order chi connectivity index (χ1) is 14.0. The number of rotatable bonds is 9. The Balaban J connectivity index is 1.39. The summed E-state index contributed by atoms with van der Waals surface area (Å²) in [5, 5.41) is 6.50. The average molecular weight is 398 g/mol. The third-order valence-corrected chi connectivity index (χ3v) is 4.24. The molecular formula is C21H22N2O6. The third-order valence-electron chi connectivity index (χ3n) is 4.24. The van der Waals surface area contributed by atoms with Crippen molar-refractivity contribution in [1.82, 2.24) is 10.5 Å². The maximum Gasteiger partial charge on any atom is 0.310 e. The highest BCUT2D eigenvalue weighted by Gasteiger charge is 2.11. The summed E-state index contributed by atoms with van der Waals surface area (Å²) >= 11 is 0. The fraction of sp³-hybridized carbons (Fsp3) is 0.286. The van der Waals surface area contributed by atoms with Gasteiger partial charge in [0.05, 0.1) is 30.5 Å². The summed E-state index contributed by atoms with van der Waals surface area (Å²) in [5.74, 6) is 1.15. The number of hydrogen-bond donors (Lipinski definition) is 1. The van der Waals surface area contributed by atoms with Crippen LogP contribution in [0.2, 0.25) is 0 Å². The van der Waals surface area contributed by atoms with Crippen molar-refractivity contribution in [2.24, 2.45) is 0 Å². The van der Waals surface area contributed by atoms with Crippen LogP contribution >= 0.6 is 0 Å². The molecule has 0 bridgehead atoms. The minimum Gasteiger partial charge on any atom is -0.489 e. The normalized spacial score (nSPS) is 10.6. The van der Waals surface area contributed by atoms with Crippen LogP contribution in [0.5, 0.6) is 5.75 Å². The third kappa shape index (κ3) is 5.97. The molecule has 0 atom stereocenters. The maximum absolute atomic E-state index is 11.9. The van der Waals surface area contributed by atoms with E-state index in [9.17, 15) is 9.59 Å². The number of nitrogens with one attached hydrogen (secondary N) is 1. The number of carbonyl (C=O) groups excluding carboxylic acids is 2. The zero-order valence-corrected chi connectivity index (χ0v) is 16.3. The molecule has 29 heavy (non-hydrogen) atoms. The first-order valence-electron chi connectivity index (χ1n) is 9.09. The molecule has 0 unspecified atom stereocenters. The van der Waals surface area contributed by atoms with Crippen LogP contribution in [0.3, 0.4) is 0 Å². The largest absolute Gasteiger partial charge is 0.489 e. The van der Waals surface area contributed by atoms with Gasteiger partial charge in [-0.25, -0.2) is 0 Å². The van der Waals surface area contributed by atoms with Gasteiger partial charge < -0.3 is 23.7 Å². The molecule has 1 N–H and O–H groups in total. The molecule has 2 aromatic heterocycles. The van der Waals surface area contributed by atoms with E-state index in [1.807, 2.05) is 13.8 Å². The minimum atomic E-state index is -0.484. The first kappa shape index (κ1) is 20.2. The van der Waals surface area contributed by atoms with Crippen molar-refractivity contribution in [1.29, 1.82) is 0 Å². The lowest BCUT2D eigenvalue weighted by Crippen LogP contribution is -2.28.